The summed E-state index contributed by atoms with van der Waals surface area (Å²) < 4.78 is 0. The van der Waals surface area contributed by atoms with Gasteiger partial charge in [-0.2, -0.15) is 5.17 Å². The number of rotatable bonds is 0. The Balaban J connectivity index is 2.44. The van der Waals surface area contributed by atoms with Gasteiger partial charge in [0.2, 0.25) is 0 Å². The molecule has 1 aromatic carbocycles. The predicted molar refractivity (Wildman–Crippen MR) is 40.7 cm³/mol. The first-order chi connectivity index (χ1) is 5.38. The fraction of sp³-hybridized carbons (Fsp3) is 0.143. The second kappa shape index (κ2) is 2.50. The second-order valence-electron chi connectivity index (χ2n) is 2.41. The zero-order valence-electron chi connectivity index (χ0n) is 5.91. The largest absolute Gasteiger partial charge is 0.272 e. The molecular formula is C7H9N3O. The lowest BCUT2D eigenvalue weighted by Gasteiger charge is -2.26. The Labute approximate surface area is 64.3 Å². The highest BCUT2D eigenvalue weighted by Crippen LogP contribution is 2.18. The maximum atomic E-state index is 9.22. The van der Waals surface area contributed by atoms with Crippen molar-refractivity contribution in [3.63, 3.8) is 0 Å². The predicted octanol–water partition coefficient (Wildman–Crippen LogP) is 0.405. The Morgan fingerprint density at radius 2 is 2.18 bits per heavy atom. The highest BCUT2D eigenvalue weighted by Gasteiger charge is 2.11. The molecule has 1 aliphatic heterocycles. The summed E-state index contributed by atoms with van der Waals surface area (Å²) in [6.07, 6.45) is 0. The molecule has 0 saturated heterocycles. The number of fused-ring (bicyclic) bond motifs is 1. The van der Waals surface area contributed by atoms with Gasteiger partial charge in [0.05, 0.1) is 5.69 Å². The summed E-state index contributed by atoms with van der Waals surface area (Å²) in [4.78, 5) is 0. The van der Waals surface area contributed by atoms with Crippen LogP contribution in [0.15, 0.2) is 24.3 Å². The minimum absolute atomic E-state index is 0.729. The summed E-state index contributed by atoms with van der Waals surface area (Å²) >= 11 is 0. The van der Waals surface area contributed by atoms with E-state index in [1.54, 1.807) is 0 Å². The van der Waals surface area contributed by atoms with Gasteiger partial charge in [0.15, 0.2) is 0 Å². The Kier molecular flexibility index (Phi) is 1.50. The van der Waals surface area contributed by atoms with Crippen LogP contribution in [0.25, 0.3) is 0 Å². The monoisotopic (exact) mass is 151 g/mol. The number of hydrogen-bond donors (Lipinski definition) is 3. The van der Waals surface area contributed by atoms with Gasteiger partial charge in [0.25, 0.3) is 0 Å². The molecule has 0 bridgehead atoms. The van der Waals surface area contributed by atoms with Gasteiger partial charge in [-0.25, -0.2) is 5.43 Å². The molecule has 0 atom stereocenters. The Morgan fingerprint density at radius 3 is 3.00 bits per heavy atom. The van der Waals surface area contributed by atoms with Crippen molar-refractivity contribution >= 4 is 5.69 Å². The third-order valence-electron chi connectivity index (χ3n) is 1.68. The van der Waals surface area contributed by atoms with Crippen LogP contribution in [0.5, 0.6) is 0 Å². The van der Waals surface area contributed by atoms with Crippen LogP contribution >= 0.6 is 0 Å². The van der Waals surface area contributed by atoms with Crippen molar-refractivity contribution in [3.8, 4) is 0 Å². The van der Waals surface area contributed by atoms with Gasteiger partial charge < -0.3 is 0 Å². The van der Waals surface area contributed by atoms with Crippen molar-refractivity contribution < 1.29 is 5.21 Å². The molecule has 58 valence electrons. The quantitative estimate of drug-likeness (QED) is 0.502. The molecule has 0 radical (unpaired) electrons. The molecule has 0 amide bonds. The minimum atomic E-state index is 0.729. The molecule has 11 heavy (non-hydrogen) atoms. The molecule has 4 nitrogen and oxygen atoms in total. The molecule has 0 aromatic heterocycles. The average molecular weight is 151 g/mol. The van der Waals surface area contributed by atoms with Crippen LogP contribution in [0.1, 0.15) is 5.56 Å². The zero-order valence-corrected chi connectivity index (χ0v) is 5.91. The van der Waals surface area contributed by atoms with Gasteiger partial charge in [0, 0.05) is 6.54 Å². The second-order valence-corrected chi connectivity index (χ2v) is 2.41. The SMILES string of the molecule is ON1NNCc2ccccc21. The molecule has 4 heteroatoms. The fourth-order valence-electron chi connectivity index (χ4n) is 1.14. The first-order valence-corrected chi connectivity index (χ1v) is 3.43. The van der Waals surface area contributed by atoms with E-state index in [0.717, 1.165) is 23.0 Å². The highest BCUT2D eigenvalue weighted by atomic mass is 16.5. The standard InChI is InChI=1S/C7H9N3O/c11-10-7-4-2-1-3-6(7)5-8-9-10/h1-4,8-9,11H,5H2. The van der Waals surface area contributed by atoms with Crippen LogP contribution in [0.3, 0.4) is 0 Å². The number of nitrogens with zero attached hydrogens (tertiary/aromatic N) is 1. The Bertz CT molecular complexity index is 264. The summed E-state index contributed by atoms with van der Waals surface area (Å²) in [7, 11) is 0. The van der Waals surface area contributed by atoms with Crippen molar-refractivity contribution in [1.82, 2.24) is 11.0 Å². The average Bonchev–Trinajstić information content (AvgIpc) is 2.06. The van der Waals surface area contributed by atoms with E-state index in [4.69, 9.17) is 0 Å². The summed E-state index contributed by atoms with van der Waals surface area (Å²) in [6, 6.07) is 7.64. The van der Waals surface area contributed by atoms with Gasteiger partial charge in [-0.1, -0.05) is 18.2 Å². The number of nitrogens with one attached hydrogen (secondary N) is 2. The van der Waals surface area contributed by atoms with Gasteiger partial charge in [-0.15, -0.1) is 5.53 Å². The third kappa shape index (κ3) is 1.07. The van der Waals surface area contributed by atoms with E-state index in [0.29, 0.717) is 0 Å². The number of benzene rings is 1. The van der Waals surface area contributed by atoms with Crippen LogP contribution in [-0.4, -0.2) is 5.21 Å². The van der Waals surface area contributed by atoms with Crippen molar-refractivity contribution in [2.24, 2.45) is 0 Å². The van der Waals surface area contributed by atoms with E-state index in [1.165, 1.54) is 0 Å². The summed E-state index contributed by atoms with van der Waals surface area (Å²) in [5.41, 5.74) is 7.27. The molecule has 2 rings (SSSR count). The van der Waals surface area contributed by atoms with E-state index in [2.05, 4.69) is 11.0 Å². The number of hydrazine groups is 2. The maximum Gasteiger partial charge on any atom is 0.0880 e. The first-order valence-electron chi connectivity index (χ1n) is 3.43. The molecule has 0 unspecified atom stereocenters. The minimum Gasteiger partial charge on any atom is -0.272 e. The Hall–Kier alpha value is -1.10. The molecule has 0 fully saturated rings. The van der Waals surface area contributed by atoms with Gasteiger partial charge in [-0.05, 0) is 11.6 Å². The normalized spacial score (nSPS) is 16.3. The first kappa shape index (κ1) is 6.60. The van der Waals surface area contributed by atoms with Crippen molar-refractivity contribution in [1.29, 1.82) is 0 Å². The summed E-state index contributed by atoms with van der Waals surface area (Å²) in [5, 5.41) is 10.2. The van der Waals surface area contributed by atoms with E-state index < -0.39 is 0 Å². The van der Waals surface area contributed by atoms with Crippen LogP contribution in [0, 0.1) is 0 Å². The van der Waals surface area contributed by atoms with E-state index in [1.807, 2.05) is 24.3 Å². The number of para-hydroxylation sites is 1. The summed E-state index contributed by atoms with van der Waals surface area (Å²) in [6.45, 7) is 0.729. The van der Waals surface area contributed by atoms with Gasteiger partial charge >= 0.3 is 0 Å². The lowest BCUT2D eigenvalue weighted by molar-refractivity contribution is 0.179. The summed E-state index contributed by atoms with van der Waals surface area (Å²) in [5.74, 6) is 0. The molecule has 0 saturated carbocycles. The molecule has 3 N–H and O–H groups in total. The number of hydrogen-bond acceptors (Lipinski definition) is 4. The van der Waals surface area contributed by atoms with Crippen LogP contribution < -0.4 is 16.1 Å². The van der Waals surface area contributed by atoms with E-state index in [9.17, 15) is 5.21 Å². The lowest BCUT2D eigenvalue weighted by Crippen LogP contribution is -2.48. The topological polar surface area (TPSA) is 47.5 Å². The van der Waals surface area contributed by atoms with Crippen LogP contribution in [0.2, 0.25) is 0 Å². The van der Waals surface area contributed by atoms with E-state index >= 15 is 0 Å². The van der Waals surface area contributed by atoms with Gasteiger partial charge in [-0.3, -0.25) is 5.21 Å². The number of anilines is 1. The fourth-order valence-corrected chi connectivity index (χ4v) is 1.14. The van der Waals surface area contributed by atoms with Crippen molar-refractivity contribution in [3.05, 3.63) is 29.8 Å². The molecule has 0 aliphatic carbocycles. The highest BCUT2D eigenvalue weighted by molar-refractivity contribution is 5.51. The van der Waals surface area contributed by atoms with E-state index in [-0.39, 0.29) is 0 Å². The lowest BCUT2D eigenvalue weighted by atomic mass is 10.2. The van der Waals surface area contributed by atoms with Crippen LogP contribution in [0.4, 0.5) is 5.69 Å². The van der Waals surface area contributed by atoms with Crippen molar-refractivity contribution in [2.45, 2.75) is 6.54 Å². The molecular weight excluding hydrogens is 142 g/mol. The maximum absolute atomic E-state index is 9.22. The molecule has 1 heterocycles. The Morgan fingerprint density at radius 1 is 1.36 bits per heavy atom. The van der Waals surface area contributed by atoms with Gasteiger partial charge in [0.1, 0.15) is 0 Å². The van der Waals surface area contributed by atoms with Crippen molar-refractivity contribution in [2.75, 3.05) is 5.17 Å². The smallest absolute Gasteiger partial charge is 0.0880 e. The molecule has 1 aromatic rings. The third-order valence-corrected chi connectivity index (χ3v) is 1.68. The van der Waals surface area contributed by atoms with Crippen LogP contribution in [-0.2, 0) is 6.54 Å². The molecule has 0 spiro atoms. The zero-order chi connectivity index (χ0) is 7.68. The molecule has 1 aliphatic rings.